The van der Waals surface area contributed by atoms with E-state index in [1.54, 1.807) is 41.4 Å². The van der Waals surface area contributed by atoms with Crippen LogP contribution in [0.25, 0.3) is 6.15 Å². The van der Waals surface area contributed by atoms with Gasteiger partial charge in [0.1, 0.15) is 6.17 Å². The number of anilines is 1. The Labute approximate surface area is 262 Å². The van der Waals surface area contributed by atoms with Crippen molar-refractivity contribution in [3.63, 3.8) is 0 Å². The number of hydrogen-bond acceptors (Lipinski definition) is 4. The molecule has 1 aromatic rings. The van der Waals surface area contributed by atoms with E-state index in [0.29, 0.717) is 31.9 Å². The number of carbonyl (C=O) groups excluding carboxylic acids is 3. The van der Waals surface area contributed by atoms with Crippen molar-refractivity contribution in [2.75, 3.05) is 44.2 Å². The monoisotopic (exact) mass is 553 g/mol. The molecule has 171 valence electrons. The van der Waals surface area contributed by atoms with Crippen LogP contribution in [0.15, 0.2) is 36.5 Å². The summed E-state index contributed by atoms with van der Waals surface area (Å²) in [5.41, 5.74) is 0.716. The number of piperazine rings is 1. The minimum Gasteiger partial charge on any atom is -0.693 e. The van der Waals surface area contributed by atoms with Gasteiger partial charge in [-0.25, -0.2) is 9.59 Å². The maximum atomic E-state index is 12.2. The topological polar surface area (TPSA) is 131 Å². The van der Waals surface area contributed by atoms with Gasteiger partial charge in [0.2, 0.25) is 0 Å². The Balaban J connectivity index is 0.000000519. The minimum absolute atomic E-state index is 0. The van der Waals surface area contributed by atoms with Gasteiger partial charge in [0.15, 0.2) is 0 Å². The Morgan fingerprint density at radius 2 is 1.79 bits per heavy atom. The smallest absolute Gasteiger partial charge is 0.693 e. The quantitative estimate of drug-likeness (QED) is 0.296. The molecule has 0 bridgehead atoms. The van der Waals surface area contributed by atoms with Gasteiger partial charge in [-0.2, -0.15) is 36.4 Å². The Bertz CT molecular complexity index is 800. The molecule has 1 aliphatic carbocycles. The van der Waals surface area contributed by atoms with Crippen LogP contribution in [0, 0.1) is 24.3 Å². The van der Waals surface area contributed by atoms with E-state index in [9.17, 15) is 14.4 Å². The number of fused-ring (bicyclic) bond motifs is 1. The van der Waals surface area contributed by atoms with Crippen molar-refractivity contribution in [3.05, 3.63) is 55.2 Å². The van der Waals surface area contributed by atoms with Gasteiger partial charge in [0.25, 0.3) is 0 Å². The molecule has 33 heavy (non-hydrogen) atoms. The van der Waals surface area contributed by atoms with Gasteiger partial charge in [-0.15, -0.1) is 12.1 Å². The molecule has 3 unspecified atom stereocenters. The zero-order valence-electron chi connectivity index (χ0n) is 18.7. The molecule has 2 saturated heterocycles. The van der Waals surface area contributed by atoms with E-state index >= 15 is 0 Å². The molecule has 3 atom stereocenters. The van der Waals surface area contributed by atoms with Gasteiger partial charge in [-0.3, -0.25) is 4.90 Å². The molecule has 3 aliphatic heterocycles. The Morgan fingerprint density at radius 1 is 1.15 bits per heavy atom. The van der Waals surface area contributed by atoms with Gasteiger partial charge >= 0.3 is 63.4 Å². The predicted molar refractivity (Wildman–Crippen MR) is 116 cm³/mol. The summed E-state index contributed by atoms with van der Waals surface area (Å²) in [5.74, 6) is 1.95. The van der Waals surface area contributed by atoms with Crippen LogP contribution in [-0.4, -0.2) is 73.7 Å². The van der Waals surface area contributed by atoms with Gasteiger partial charge in [0, 0.05) is 65.1 Å². The van der Waals surface area contributed by atoms with Gasteiger partial charge in [0.05, 0.1) is 0 Å². The van der Waals surface area contributed by atoms with Crippen molar-refractivity contribution in [3.8, 4) is 0 Å². The molecular weight excluding hydrogens is 526 g/mol. The van der Waals surface area contributed by atoms with Gasteiger partial charge < -0.3 is 43.1 Å². The number of carbonyl (C=O) groups is 2. The first-order valence-electron chi connectivity index (χ1n) is 10.1. The van der Waals surface area contributed by atoms with Crippen LogP contribution in [0.2, 0.25) is 0 Å². The van der Waals surface area contributed by atoms with Crippen molar-refractivity contribution in [1.29, 1.82) is 0 Å². The zero-order chi connectivity index (χ0) is 20.9. The molecule has 1 radical (unpaired) electrons. The van der Waals surface area contributed by atoms with Crippen LogP contribution < -0.4 is 72.2 Å². The molecule has 0 spiro atoms. The third-order valence-electron chi connectivity index (χ3n) is 5.54. The van der Waals surface area contributed by atoms with E-state index in [4.69, 9.17) is 0 Å². The Morgan fingerprint density at radius 3 is 2.27 bits per heavy atom. The largest absolute Gasteiger partial charge is 1.00 e. The molecule has 1 aromatic carbocycles. The van der Waals surface area contributed by atoms with Crippen LogP contribution >= 0.6 is 0 Å². The predicted octanol–water partition coefficient (Wildman–Crippen LogP) is -1.99. The summed E-state index contributed by atoms with van der Waals surface area (Å²) in [6.45, 7) is 4.32. The average Bonchev–Trinajstić information content (AvgIpc) is 3.39. The number of amides is 5. The number of benzene rings is 1. The number of urea groups is 2. The number of nitrogens with zero attached hydrogens (tertiary/aromatic N) is 3. The van der Waals surface area contributed by atoms with Crippen molar-refractivity contribution < 1.29 is 98.5 Å². The fraction of sp³-hybridized carbons (Fsp3) is 0.429. The summed E-state index contributed by atoms with van der Waals surface area (Å²) in [4.78, 5) is 39.5. The van der Waals surface area contributed by atoms with E-state index in [2.05, 4.69) is 28.4 Å². The fourth-order valence-electron chi connectivity index (χ4n) is 3.65. The first-order chi connectivity index (χ1) is 14.6. The van der Waals surface area contributed by atoms with Crippen molar-refractivity contribution in [1.82, 2.24) is 25.8 Å². The van der Waals surface area contributed by atoms with Gasteiger partial charge in [-0.05, 0) is 19.2 Å². The second-order valence-electron chi connectivity index (χ2n) is 7.59. The Kier molecular flexibility index (Phi) is 13.8. The number of nitrogens with one attached hydrogen (secondary N) is 3. The average molecular weight is 553 g/mol. The zero-order valence-corrected chi connectivity index (χ0v) is 24.7. The molecular formula is C21H27KN7O3Y-3. The van der Waals surface area contributed by atoms with E-state index in [-0.39, 0.29) is 102 Å². The second kappa shape index (κ2) is 14.9. The summed E-state index contributed by atoms with van der Waals surface area (Å²) in [7, 11) is 0. The summed E-state index contributed by atoms with van der Waals surface area (Å²) in [5, 5.41) is 8.75. The third-order valence-corrected chi connectivity index (χ3v) is 5.54. The molecule has 4 aliphatic rings. The summed E-state index contributed by atoms with van der Waals surface area (Å²) >= 11 is 0. The SMILES string of the molecule is O=[C-]N1CCN(C(=O)NC2C=CN(c3cc[c-]cc3)C(=O)N2)CC1.[CH-]1C2CNCC12.[K+].[NH2-].[Y]. The van der Waals surface area contributed by atoms with Crippen LogP contribution in [0.3, 0.4) is 0 Å². The maximum Gasteiger partial charge on any atom is 1.00 e. The fourth-order valence-corrected chi connectivity index (χ4v) is 3.65. The molecule has 12 heteroatoms. The number of rotatable bonds is 3. The number of nitrogens with two attached hydrogens (primary N) is 1. The van der Waals surface area contributed by atoms with E-state index in [1.807, 2.05) is 6.41 Å². The number of piperidine rings is 1. The van der Waals surface area contributed by atoms with Crippen LogP contribution in [0.1, 0.15) is 0 Å². The minimum atomic E-state index is -0.577. The van der Waals surface area contributed by atoms with Crippen LogP contribution in [0.4, 0.5) is 15.3 Å². The van der Waals surface area contributed by atoms with E-state index in [1.165, 1.54) is 22.9 Å². The van der Waals surface area contributed by atoms with Crippen LogP contribution in [0.5, 0.6) is 0 Å². The van der Waals surface area contributed by atoms with Crippen molar-refractivity contribution >= 4 is 24.2 Å². The standard InChI is InChI=1S/C16H17N5O3.C5H8N.K.H2N.Y/c22-12-19-8-10-20(11-9-19)15(23)17-14-6-7-21(16(24)18-14)13-4-2-1-3-5-13;1-4-2-6-3-5(1)4;;;/h2-7,14H,8-11H2,(H,17,23)(H,18,24);1,4-6H,2-3H2;;1H2;/q-2;-1;+1;-1;. The van der Waals surface area contributed by atoms with Crippen LogP contribution in [-0.2, 0) is 37.5 Å². The maximum absolute atomic E-state index is 12.2. The normalized spacial score (nSPS) is 24.4. The molecule has 5 amide bonds. The third kappa shape index (κ3) is 8.66. The molecule has 1 saturated carbocycles. The number of hydrogen-bond donors (Lipinski definition) is 3. The second-order valence-corrected chi connectivity index (χ2v) is 7.59. The first-order valence-corrected chi connectivity index (χ1v) is 10.1. The molecule has 10 nitrogen and oxygen atoms in total. The Hall–Kier alpha value is -0.370. The summed E-state index contributed by atoms with van der Waals surface area (Å²) in [6, 6.07) is 9.28. The summed E-state index contributed by atoms with van der Waals surface area (Å²) < 4.78 is 0. The van der Waals surface area contributed by atoms with Gasteiger partial charge in [-0.1, -0.05) is 5.69 Å². The van der Waals surface area contributed by atoms with Crippen molar-refractivity contribution in [2.45, 2.75) is 6.17 Å². The molecule has 3 heterocycles. The van der Waals surface area contributed by atoms with E-state index in [0.717, 1.165) is 11.8 Å². The first kappa shape index (κ1) is 30.7. The summed E-state index contributed by atoms with van der Waals surface area (Å²) in [6.07, 6.45) is 6.98. The molecule has 0 aromatic heterocycles. The molecule has 3 fully saturated rings. The van der Waals surface area contributed by atoms with E-state index < -0.39 is 6.17 Å². The molecule has 5 rings (SSSR count). The molecule has 5 N–H and O–H groups in total. The van der Waals surface area contributed by atoms with Crippen molar-refractivity contribution in [2.24, 2.45) is 11.8 Å².